The van der Waals surface area contributed by atoms with Gasteiger partial charge in [-0.1, -0.05) is 19.3 Å². The van der Waals surface area contributed by atoms with Crippen LogP contribution in [0.2, 0.25) is 0 Å². The summed E-state index contributed by atoms with van der Waals surface area (Å²) in [4.78, 5) is 0. The van der Waals surface area contributed by atoms with E-state index in [9.17, 15) is 0 Å². The molecule has 0 aromatic rings. The fourth-order valence-electron chi connectivity index (χ4n) is 3.15. The standard InChI is InChI=1S/C14H23NO2/c15-13(11-6-2-1-3-7-11)14(10-16-14)17-12-8-4-5-9-12/h12H,1-10,15H2. The van der Waals surface area contributed by atoms with E-state index in [4.69, 9.17) is 15.2 Å². The minimum Gasteiger partial charge on any atom is -0.398 e. The molecule has 2 aliphatic carbocycles. The molecule has 1 atom stereocenters. The maximum absolute atomic E-state index is 6.30. The number of epoxide rings is 1. The van der Waals surface area contributed by atoms with Crippen LogP contribution < -0.4 is 5.73 Å². The fourth-order valence-corrected chi connectivity index (χ4v) is 3.15. The second kappa shape index (κ2) is 4.62. The van der Waals surface area contributed by atoms with Crippen molar-refractivity contribution in [3.05, 3.63) is 11.3 Å². The van der Waals surface area contributed by atoms with Crippen LogP contribution in [0, 0.1) is 0 Å². The van der Waals surface area contributed by atoms with Crippen LogP contribution >= 0.6 is 0 Å². The van der Waals surface area contributed by atoms with Crippen LogP contribution in [0.25, 0.3) is 0 Å². The first-order valence-corrected chi connectivity index (χ1v) is 7.10. The van der Waals surface area contributed by atoms with Crippen molar-refractivity contribution in [1.29, 1.82) is 0 Å². The van der Waals surface area contributed by atoms with Crippen molar-refractivity contribution in [2.24, 2.45) is 5.73 Å². The second-order valence-electron chi connectivity index (χ2n) is 5.64. The number of ether oxygens (including phenoxy) is 2. The van der Waals surface area contributed by atoms with Crippen molar-refractivity contribution in [3.8, 4) is 0 Å². The van der Waals surface area contributed by atoms with Gasteiger partial charge in [0.15, 0.2) is 0 Å². The van der Waals surface area contributed by atoms with E-state index in [1.165, 1.54) is 50.5 Å². The normalized spacial score (nSPS) is 34.0. The number of rotatable bonds is 3. The molecule has 2 N–H and O–H groups in total. The molecule has 3 heteroatoms. The minimum absolute atomic E-state index is 0.375. The summed E-state index contributed by atoms with van der Waals surface area (Å²) in [6, 6.07) is 0. The molecule has 0 bridgehead atoms. The van der Waals surface area contributed by atoms with Crippen molar-refractivity contribution in [1.82, 2.24) is 0 Å². The quantitative estimate of drug-likeness (QED) is 0.768. The molecule has 0 aromatic heterocycles. The molecule has 0 amide bonds. The summed E-state index contributed by atoms with van der Waals surface area (Å²) in [5.41, 5.74) is 8.60. The van der Waals surface area contributed by atoms with Gasteiger partial charge in [0.2, 0.25) is 5.79 Å². The highest BCUT2D eigenvalue weighted by atomic mass is 16.8. The molecule has 1 unspecified atom stereocenters. The lowest BCUT2D eigenvalue weighted by atomic mass is 9.92. The molecule has 17 heavy (non-hydrogen) atoms. The predicted molar refractivity (Wildman–Crippen MR) is 66.3 cm³/mol. The minimum atomic E-state index is -0.512. The van der Waals surface area contributed by atoms with Crippen LogP contribution in [0.3, 0.4) is 0 Å². The Bertz CT molecular complexity index is 306. The van der Waals surface area contributed by atoms with Gasteiger partial charge in [-0.15, -0.1) is 0 Å². The number of hydrogen-bond donors (Lipinski definition) is 1. The van der Waals surface area contributed by atoms with Crippen molar-refractivity contribution < 1.29 is 9.47 Å². The number of hydrogen-bond acceptors (Lipinski definition) is 3. The lowest BCUT2D eigenvalue weighted by molar-refractivity contribution is -0.0655. The maximum Gasteiger partial charge on any atom is 0.234 e. The van der Waals surface area contributed by atoms with Crippen LogP contribution in [0.15, 0.2) is 11.3 Å². The van der Waals surface area contributed by atoms with Crippen LogP contribution in [-0.4, -0.2) is 18.5 Å². The van der Waals surface area contributed by atoms with Gasteiger partial charge in [0.1, 0.15) is 6.61 Å². The van der Waals surface area contributed by atoms with Crippen LogP contribution in [-0.2, 0) is 9.47 Å². The first-order chi connectivity index (χ1) is 8.30. The van der Waals surface area contributed by atoms with Crippen LogP contribution in [0.4, 0.5) is 0 Å². The molecule has 2 saturated carbocycles. The number of allylic oxidation sites excluding steroid dienone is 1. The van der Waals surface area contributed by atoms with Crippen LogP contribution in [0.5, 0.6) is 0 Å². The summed E-state index contributed by atoms with van der Waals surface area (Å²) in [6.45, 7) is 0.666. The third kappa shape index (κ3) is 2.36. The monoisotopic (exact) mass is 237 g/mol. The summed E-state index contributed by atoms with van der Waals surface area (Å²) in [5, 5.41) is 0. The Morgan fingerprint density at radius 2 is 1.76 bits per heavy atom. The summed E-state index contributed by atoms with van der Waals surface area (Å²) in [6.07, 6.45) is 11.5. The van der Waals surface area contributed by atoms with Crippen LogP contribution in [0.1, 0.15) is 57.8 Å². The third-order valence-corrected chi connectivity index (χ3v) is 4.31. The van der Waals surface area contributed by atoms with Gasteiger partial charge >= 0.3 is 0 Å². The Kier molecular flexibility index (Phi) is 3.14. The van der Waals surface area contributed by atoms with E-state index in [0.29, 0.717) is 12.7 Å². The third-order valence-electron chi connectivity index (χ3n) is 4.31. The molecule has 1 aliphatic heterocycles. The lowest BCUT2D eigenvalue weighted by Crippen LogP contribution is -2.31. The van der Waals surface area contributed by atoms with E-state index < -0.39 is 5.79 Å². The van der Waals surface area contributed by atoms with Crippen molar-refractivity contribution in [2.45, 2.75) is 69.7 Å². The molecule has 0 aromatic carbocycles. The molecule has 3 aliphatic rings. The van der Waals surface area contributed by atoms with Gasteiger partial charge in [-0.25, -0.2) is 0 Å². The van der Waals surface area contributed by atoms with E-state index in [2.05, 4.69) is 0 Å². The van der Waals surface area contributed by atoms with Gasteiger partial charge in [0, 0.05) is 0 Å². The first-order valence-electron chi connectivity index (χ1n) is 7.10. The SMILES string of the molecule is NC(=C1CCCCC1)C1(OC2CCCC2)CO1. The Morgan fingerprint density at radius 1 is 1.12 bits per heavy atom. The van der Waals surface area contributed by atoms with Gasteiger partial charge in [-0.05, 0) is 44.1 Å². The molecule has 0 spiro atoms. The van der Waals surface area contributed by atoms with Gasteiger partial charge in [-0.3, -0.25) is 0 Å². The average molecular weight is 237 g/mol. The van der Waals surface area contributed by atoms with E-state index in [1.54, 1.807) is 0 Å². The first kappa shape index (κ1) is 11.5. The molecular weight excluding hydrogens is 214 g/mol. The van der Waals surface area contributed by atoms with E-state index >= 15 is 0 Å². The summed E-state index contributed by atoms with van der Waals surface area (Å²) < 4.78 is 11.7. The maximum atomic E-state index is 6.30. The largest absolute Gasteiger partial charge is 0.398 e. The topological polar surface area (TPSA) is 47.8 Å². The summed E-state index contributed by atoms with van der Waals surface area (Å²) >= 11 is 0. The number of nitrogens with two attached hydrogens (primary N) is 1. The molecule has 0 radical (unpaired) electrons. The molecule has 1 saturated heterocycles. The zero-order valence-corrected chi connectivity index (χ0v) is 10.5. The Hall–Kier alpha value is -0.540. The Labute approximate surface area is 103 Å². The fraction of sp³-hybridized carbons (Fsp3) is 0.857. The van der Waals surface area contributed by atoms with Gasteiger partial charge in [0.25, 0.3) is 0 Å². The molecule has 96 valence electrons. The molecule has 3 nitrogen and oxygen atoms in total. The van der Waals surface area contributed by atoms with E-state index in [0.717, 1.165) is 18.5 Å². The zero-order chi connectivity index (χ0) is 11.7. The predicted octanol–water partition coefficient (Wildman–Crippen LogP) is 2.85. The Balaban J connectivity index is 1.68. The summed E-state index contributed by atoms with van der Waals surface area (Å²) in [5.74, 6) is -0.512. The lowest BCUT2D eigenvalue weighted by Gasteiger charge is -2.23. The van der Waals surface area contributed by atoms with Gasteiger partial charge < -0.3 is 15.2 Å². The average Bonchev–Trinajstić information content (AvgIpc) is 2.97. The molecular formula is C14H23NO2. The summed E-state index contributed by atoms with van der Waals surface area (Å²) in [7, 11) is 0. The highest BCUT2D eigenvalue weighted by Gasteiger charge is 2.52. The van der Waals surface area contributed by atoms with Gasteiger partial charge in [-0.2, -0.15) is 0 Å². The van der Waals surface area contributed by atoms with Crippen molar-refractivity contribution in [3.63, 3.8) is 0 Å². The molecule has 3 fully saturated rings. The Morgan fingerprint density at radius 3 is 2.35 bits per heavy atom. The smallest absolute Gasteiger partial charge is 0.234 e. The van der Waals surface area contributed by atoms with Crippen molar-refractivity contribution >= 4 is 0 Å². The molecule has 3 rings (SSSR count). The van der Waals surface area contributed by atoms with Crippen molar-refractivity contribution in [2.75, 3.05) is 6.61 Å². The molecule has 1 heterocycles. The zero-order valence-electron chi connectivity index (χ0n) is 10.5. The second-order valence-corrected chi connectivity index (χ2v) is 5.64. The van der Waals surface area contributed by atoms with Gasteiger partial charge in [0.05, 0.1) is 11.8 Å². The highest BCUT2D eigenvalue weighted by Crippen LogP contribution is 2.41. The highest BCUT2D eigenvalue weighted by molar-refractivity contribution is 5.24. The van der Waals surface area contributed by atoms with E-state index in [-0.39, 0.29) is 0 Å². The van der Waals surface area contributed by atoms with E-state index in [1.807, 2.05) is 0 Å².